The van der Waals surface area contributed by atoms with Crippen LogP contribution in [-0.4, -0.2) is 68.2 Å². The lowest BCUT2D eigenvalue weighted by Crippen LogP contribution is -2.43. The van der Waals surface area contributed by atoms with Gasteiger partial charge in [-0.1, -0.05) is 0 Å². The molecule has 0 aromatic carbocycles. The number of hydrogen-bond donors (Lipinski definition) is 2. The van der Waals surface area contributed by atoms with Gasteiger partial charge >= 0.3 is 0 Å². The number of hydrogen-bond acceptors (Lipinski definition) is 5. The van der Waals surface area contributed by atoms with Gasteiger partial charge in [-0.25, -0.2) is 9.98 Å². The van der Waals surface area contributed by atoms with Crippen LogP contribution in [0.2, 0.25) is 0 Å². The Morgan fingerprint density at radius 2 is 2.07 bits per heavy atom. The fourth-order valence-corrected chi connectivity index (χ4v) is 4.60. The highest BCUT2D eigenvalue weighted by Crippen LogP contribution is 2.26. The van der Waals surface area contributed by atoms with Gasteiger partial charge in [0.2, 0.25) is 5.91 Å². The smallest absolute Gasteiger partial charge is 0.243 e. The first-order chi connectivity index (χ1) is 13.6. The monoisotopic (exact) mass is 535 g/mol. The molecule has 1 unspecified atom stereocenters. The fourth-order valence-electron chi connectivity index (χ4n) is 3.44. The van der Waals surface area contributed by atoms with Crippen molar-refractivity contribution in [3.8, 4) is 0 Å². The third-order valence-electron chi connectivity index (χ3n) is 5.16. The lowest BCUT2D eigenvalue weighted by atomic mass is 10.0. The van der Waals surface area contributed by atoms with E-state index in [1.807, 2.05) is 11.3 Å². The molecule has 1 atom stereocenters. The molecule has 0 radical (unpaired) electrons. The average molecular weight is 535 g/mol. The van der Waals surface area contributed by atoms with Crippen molar-refractivity contribution in [2.45, 2.75) is 57.5 Å². The van der Waals surface area contributed by atoms with E-state index in [4.69, 9.17) is 9.72 Å². The van der Waals surface area contributed by atoms with E-state index in [9.17, 15) is 4.79 Å². The normalized spacial score (nSPS) is 19.1. The fraction of sp³-hybridized carbons (Fsp3) is 0.750. The highest BCUT2D eigenvalue weighted by molar-refractivity contribution is 14.0. The number of nitrogens with one attached hydrogen (secondary N) is 2. The van der Waals surface area contributed by atoms with Crippen LogP contribution in [0.3, 0.4) is 0 Å². The molecular weight excluding hydrogens is 501 g/mol. The van der Waals surface area contributed by atoms with Gasteiger partial charge in [0.05, 0.1) is 16.8 Å². The van der Waals surface area contributed by atoms with Crippen LogP contribution in [0.15, 0.2) is 4.99 Å². The number of halogens is 1. The van der Waals surface area contributed by atoms with Gasteiger partial charge in [0.25, 0.3) is 0 Å². The van der Waals surface area contributed by atoms with Gasteiger partial charge in [0.1, 0.15) is 6.54 Å². The van der Waals surface area contributed by atoms with Gasteiger partial charge in [-0.3, -0.25) is 4.79 Å². The first-order valence-corrected chi connectivity index (χ1v) is 11.2. The van der Waals surface area contributed by atoms with Crippen molar-refractivity contribution in [1.29, 1.82) is 0 Å². The van der Waals surface area contributed by atoms with E-state index in [2.05, 4.69) is 15.6 Å². The Morgan fingerprint density at radius 1 is 1.24 bits per heavy atom. The summed E-state index contributed by atoms with van der Waals surface area (Å²) >= 11 is 1.85. The second kappa shape index (κ2) is 12.7. The van der Waals surface area contributed by atoms with Crippen LogP contribution < -0.4 is 10.6 Å². The summed E-state index contributed by atoms with van der Waals surface area (Å²) in [5.41, 5.74) is 1.31. The second-order valence-electron chi connectivity index (χ2n) is 7.68. The minimum atomic E-state index is -0.0115. The molecule has 9 heteroatoms. The Morgan fingerprint density at radius 3 is 2.79 bits per heavy atom. The van der Waals surface area contributed by atoms with Gasteiger partial charge in [-0.2, -0.15) is 0 Å². The van der Waals surface area contributed by atoms with Crippen molar-refractivity contribution in [2.75, 3.05) is 40.3 Å². The topological polar surface area (TPSA) is 78.9 Å². The molecule has 2 aliphatic rings. The molecule has 1 fully saturated rings. The van der Waals surface area contributed by atoms with Gasteiger partial charge in [-0.05, 0) is 44.9 Å². The maximum Gasteiger partial charge on any atom is 0.243 e. The number of rotatable bonds is 7. The molecule has 1 aliphatic heterocycles. The SMILES string of the molecule is CN(C)C(=O)CN=C(NCCc1nc2c(s1)CCCC2)NCC1CCCCO1.I. The Labute approximate surface area is 195 Å². The molecule has 1 aromatic heterocycles. The van der Waals surface area contributed by atoms with E-state index in [1.54, 1.807) is 19.0 Å². The largest absolute Gasteiger partial charge is 0.376 e. The second-order valence-corrected chi connectivity index (χ2v) is 8.85. The summed E-state index contributed by atoms with van der Waals surface area (Å²) < 4.78 is 5.78. The number of ether oxygens (including phenoxy) is 1. The maximum absolute atomic E-state index is 11.9. The standard InChI is InChI=1S/C20H33N5O2S.HI/c1-25(2)19(26)14-23-20(22-13-15-7-5-6-12-27-15)21-11-10-18-24-16-8-3-4-9-17(16)28-18;/h15H,3-14H2,1-2H3,(H2,21,22,23);1H. The minimum Gasteiger partial charge on any atom is -0.376 e. The molecule has 29 heavy (non-hydrogen) atoms. The summed E-state index contributed by atoms with van der Waals surface area (Å²) in [6.07, 6.45) is 9.38. The van der Waals surface area contributed by atoms with Crippen molar-refractivity contribution in [3.05, 3.63) is 15.6 Å². The third kappa shape index (κ3) is 8.01. The predicted molar refractivity (Wildman–Crippen MR) is 128 cm³/mol. The number of carbonyl (C=O) groups excluding carboxylic acids is 1. The summed E-state index contributed by atoms with van der Waals surface area (Å²) in [6, 6.07) is 0. The minimum absolute atomic E-state index is 0. The summed E-state index contributed by atoms with van der Waals surface area (Å²) in [5.74, 6) is 0.660. The number of carbonyl (C=O) groups is 1. The number of thiazole rings is 1. The molecule has 0 saturated carbocycles. The number of aromatic nitrogens is 1. The van der Waals surface area contributed by atoms with Crippen molar-refractivity contribution in [2.24, 2.45) is 4.99 Å². The molecule has 1 saturated heterocycles. The summed E-state index contributed by atoms with van der Waals surface area (Å²) in [7, 11) is 3.50. The predicted octanol–water partition coefficient (Wildman–Crippen LogP) is 2.37. The molecule has 3 rings (SSSR count). The lowest BCUT2D eigenvalue weighted by molar-refractivity contribution is -0.127. The van der Waals surface area contributed by atoms with Crippen LogP contribution in [-0.2, 0) is 28.8 Å². The van der Waals surface area contributed by atoms with Crippen molar-refractivity contribution >= 4 is 47.2 Å². The van der Waals surface area contributed by atoms with Crippen molar-refractivity contribution in [3.63, 3.8) is 0 Å². The number of aryl methyl sites for hydroxylation is 2. The summed E-state index contributed by atoms with van der Waals surface area (Å²) in [6.45, 7) is 2.44. The van der Waals surface area contributed by atoms with Gasteiger partial charge < -0.3 is 20.3 Å². The zero-order valence-corrected chi connectivity index (χ0v) is 20.7. The zero-order valence-electron chi connectivity index (χ0n) is 17.5. The van der Waals surface area contributed by atoms with Crippen LogP contribution >= 0.6 is 35.3 Å². The molecular formula is C20H34IN5O2S. The van der Waals surface area contributed by atoms with Gasteiger partial charge in [0.15, 0.2) is 5.96 Å². The summed E-state index contributed by atoms with van der Waals surface area (Å²) in [4.78, 5) is 24.2. The first kappa shape index (κ1) is 24.3. The van der Waals surface area contributed by atoms with Crippen LogP contribution in [0.1, 0.15) is 47.7 Å². The molecule has 2 heterocycles. The van der Waals surface area contributed by atoms with E-state index in [0.29, 0.717) is 12.5 Å². The van der Waals surface area contributed by atoms with E-state index >= 15 is 0 Å². The van der Waals surface area contributed by atoms with E-state index in [-0.39, 0.29) is 42.5 Å². The zero-order chi connectivity index (χ0) is 19.8. The maximum atomic E-state index is 11.9. The van der Waals surface area contributed by atoms with Gasteiger partial charge in [-0.15, -0.1) is 35.3 Å². The lowest BCUT2D eigenvalue weighted by Gasteiger charge is -2.24. The molecule has 2 N–H and O–H groups in total. The summed E-state index contributed by atoms with van der Waals surface area (Å²) in [5, 5.41) is 7.90. The Bertz CT molecular complexity index is 650. The molecule has 0 spiro atoms. The number of likely N-dealkylation sites (N-methyl/N-ethyl adjacent to an activating group) is 1. The van der Waals surface area contributed by atoms with Crippen LogP contribution in [0.25, 0.3) is 0 Å². The quantitative estimate of drug-likeness (QED) is 0.319. The average Bonchev–Trinajstić information content (AvgIpc) is 3.12. The Kier molecular flexibility index (Phi) is 10.6. The van der Waals surface area contributed by atoms with Crippen LogP contribution in [0.4, 0.5) is 0 Å². The number of aliphatic imine (C=N–C) groups is 1. The number of guanidine groups is 1. The van der Waals surface area contributed by atoms with Crippen molar-refractivity contribution < 1.29 is 9.53 Å². The molecule has 1 amide bonds. The first-order valence-electron chi connectivity index (χ1n) is 10.4. The molecule has 0 bridgehead atoms. The number of nitrogens with zero attached hydrogens (tertiary/aromatic N) is 3. The van der Waals surface area contributed by atoms with Crippen LogP contribution in [0.5, 0.6) is 0 Å². The van der Waals surface area contributed by atoms with E-state index in [0.717, 1.165) is 38.8 Å². The van der Waals surface area contributed by atoms with Gasteiger partial charge in [0, 0.05) is 45.1 Å². The molecule has 1 aliphatic carbocycles. The Hall–Kier alpha value is -0.940. The molecule has 1 aromatic rings. The number of fused-ring (bicyclic) bond motifs is 1. The Balaban J connectivity index is 0.00000300. The van der Waals surface area contributed by atoms with Crippen LogP contribution in [0, 0.1) is 0 Å². The highest BCUT2D eigenvalue weighted by atomic mass is 127. The molecule has 7 nitrogen and oxygen atoms in total. The van der Waals surface area contributed by atoms with E-state index in [1.165, 1.54) is 41.3 Å². The van der Waals surface area contributed by atoms with E-state index < -0.39 is 0 Å². The number of amides is 1. The highest BCUT2D eigenvalue weighted by Gasteiger charge is 2.16. The molecule has 164 valence electrons. The van der Waals surface area contributed by atoms with Crippen molar-refractivity contribution in [1.82, 2.24) is 20.5 Å². The third-order valence-corrected chi connectivity index (χ3v) is 6.38.